The molecule has 1 aromatic rings. The Morgan fingerprint density at radius 3 is 2.63 bits per heavy atom. The molecule has 0 atom stereocenters. The Morgan fingerprint density at radius 2 is 2.00 bits per heavy atom. The van der Waals surface area contributed by atoms with Crippen molar-refractivity contribution in [1.82, 2.24) is 10.3 Å². The number of carboxylic acids is 1. The van der Waals surface area contributed by atoms with Crippen molar-refractivity contribution in [2.45, 2.75) is 33.1 Å². The van der Waals surface area contributed by atoms with Crippen molar-refractivity contribution in [3.63, 3.8) is 0 Å². The first-order valence-electron chi connectivity index (χ1n) is 6.20. The van der Waals surface area contributed by atoms with Crippen molar-refractivity contribution in [3.05, 3.63) is 23.5 Å². The number of unbranched alkanes of at least 4 members (excludes halogenated alkanes) is 1. The minimum absolute atomic E-state index is 0.129. The van der Waals surface area contributed by atoms with Gasteiger partial charge in [0.25, 0.3) is 0 Å². The maximum atomic E-state index is 11.6. The van der Waals surface area contributed by atoms with Crippen LogP contribution < -0.4 is 10.6 Å². The van der Waals surface area contributed by atoms with E-state index >= 15 is 0 Å². The largest absolute Gasteiger partial charge is 0.481 e. The summed E-state index contributed by atoms with van der Waals surface area (Å²) in [6, 6.07) is 3.33. The zero-order valence-corrected chi connectivity index (χ0v) is 11.2. The molecular formula is C13H19N3O3. The van der Waals surface area contributed by atoms with E-state index < -0.39 is 5.97 Å². The topological polar surface area (TPSA) is 91.3 Å². The van der Waals surface area contributed by atoms with Crippen LogP contribution in [-0.2, 0) is 4.79 Å². The summed E-state index contributed by atoms with van der Waals surface area (Å²) in [4.78, 5) is 26.1. The lowest BCUT2D eigenvalue weighted by Crippen LogP contribution is -2.30. The van der Waals surface area contributed by atoms with E-state index in [4.69, 9.17) is 5.11 Å². The molecule has 0 saturated carbocycles. The third-order valence-electron chi connectivity index (χ3n) is 2.58. The molecule has 3 N–H and O–H groups in total. The van der Waals surface area contributed by atoms with E-state index in [0.29, 0.717) is 25.1 Å². The van der Waals surface area contributed by atoms with Crippen LogP contribution in [0.15, 0.2) is 12.1 Å². The average molecular weight is 265 g/mol. The predicted molar refractivity (Wildman–Crippen MR) is 72.2 cm³/mol. The molecule has 1 aromatic heterocycles. The summed E-state index contributed by atoms with van der Waals surface area (Å²) in [5.74, 6) is -0.814. The smallest absolute Gasteiger partial charge is 0.319 e. The molecule has 1 heterocycles. The van der Waals surface area contributed by atoms with E-state index in [1.807, 2.05) is 26.0 Å². The molecule has 0 radical (unpaired) electrons. The van der Waals surface area contributed by atoms with Crippen molar-refractivity contribution >= 4 is 17.7 Å². The highest BCUT2D eigenvalue weighted by Gasteiger charge is 2.05. The van der Waals surface area contributed by atoms with Gasteiger partial charge in [-0.25, -0.2) is 4.79 Å². The van der Waals surface area contributed by atoms with Gasteiger partial charge < -0.3 is 15.7 Å². The molecule has 6 nitrogen and oxygen atoms in total. The lowest BCUT2D eigenvalue weighted by atomic mass is 10.2. The van der Waals surface area contributed by atoms with Gasteiger partial charge in [0.1, 0.15) is 0 Å². The van der Waals surface area contributed by atoms with Crippen molar-refractivity contribution in [2.24, 2.45) is 0 Å². The summed E-state index contributed by atoms with van der Waals surface area (Å²) in [5, 5.41) is 13.8. The van der Waals surface area contributed by atoms with Crippen molar-refractivity contribution in [3.8, 4) is 0 Å². The highest BCUT2D eigenvalue weighted by Crippen LogP contribution is 2.12. The van der Waals surface area contributed by atoms with E-state index in [2.05, 4.69) is 15.6 Å². The summed E-state index contributed by atoms with van der Waals surface area (Å²) < 4.78 is 0. The number of carboxylic acid groups (broad SMARTS) is 1. The first-order chi connectivity index (χ1) is 8.99. The molecule has 0 aromatic carbocycles. The Bertz CT molecular complexity index is 460. The number of pyridine rings is 1. The van der Waals surface area contributed by atoms with Crippen molar-refractivity contribution < 1.29 is 14.7 Å². The van der Waals surface area contributed by atoms with E-state index in [-0.39, 0.29) is 12.5 Å². The third kappa shape index (κ3) is 5.85. The van der Waals surface area contributed by atoms with Gasteiger partial charge in [-0.15, -0.1) is 0 Å². The van der Waals surface area contributed by atoms with Gasteiger partial charge in [0.05, 0.1) is 11.4 Å². The van der Waals surface area contributed by atoms with E-state index in [9.17, 15) is 9.59 Å². The van der Waals surface area contributed by atoms with E-state index in [1.165, 1.54) is 0 Å². The Morgan fingerprint density at radius 1 is 1.26 bits per heavy atom. The summed E-state index contributed by atoms with van der Waals surface area (Å²) in [5.41, 5.74) is 2.34. The average Bonchev–Trinajstić information content (AvgIpc) is 2.32. The number of aryl methyl sites for hydroxylation is 2. The maximum absolute atomic E-state index is 11.6. The molecule has 0 bridgehead atoms. The molecule has 1 rings (SSSR count). The van der Waals surface area contributed by atoms with Crippen LogP contribution in [-0.4, -0.2) is 28.6 Å². The second kappa shape index (κ2) is 7.35. The van der Waals surface area contributed by atoms with Gasteiger partial charge in [0, 0.05) is 18.7 Å². The number of carbonyl (C=O) groups excluding carboxylic acids is 1. The fourth-order valence-corrected chi connectivity index (χ4v) is 1.59. The van der Waals surface area contributed by atoms with Gasteiger partial charge in [-0.1, -0.05) is 0 Å². The highest BCUT2D eigenvalue weighted by molar-refractivity contribution is 5.89. The van der Waals surface area contributed by atoms with Gasteiger partial charge in [0.2, 0.25) is 0 Å². The molecule has 0 aliphatic heterocycles. The van der Waals surface area contributed by atoms with Crippen LogP contribution in [0.2, 0.25) is 0 Å². The second-order valence-corrected chi connectivity index (χ2v) is 4.32. The summed E-state index contributed by atoms with van der Waals surface area (Å²) in [6.45, 7) is 4.17. The van der Waals surface area contributed by atoms with Gasteiger partial charge >= 0.3 is 12.0 Å². The van der Waals surface area contributed by atoms with E-state index in [0.717, 1.165) is 11.4 Å². The summed E-state index contributed by atoms with van der Waals surface area (Å²) in [6.07, 6.45) is 1.33. The number of hydrogen-bond donors (Lipinski definition) is 3. The zero-order chi connectivity index (χ0) is 14.3. The standard InChI is InChI=1S/C13H19N3O3/c1-9-6-7-11(10(2)15-9)16-13(19)14-8-4-3-5-12(17)18/h6-7H,3-5,8H2,1-2H3,(H,17,18)(H2,14,16,19). The van der Waals surface area contributed by atoms with Crippen LogP contribution in [0.1, 0.15) is 30.7 Å². The molecule has 0 fully saturated rings. The van der Waals surface area contributed by atoms with Gasteiger partial charge in [-0.05, 0) is 38.8 Å². The normalized spacial score (nSPS) is 10.0. The second-order valence-electron chi connectivity index (χ2n) is 4.32. The van der Waals surface area contributed by atoms with Crippen LogP contribution in [0.4, 0.5) is 10.5 Å². The van der Waals surface area contributed by atoms with Crippen molar-refractivity contribution in [1.29, 1.82) is 0 Å². The zero-order valence-electron chi connectivity index (χ0n) is 11.2. The monoisotopic (exact) mass is 265 g/mol. The molecule has 6 heteroatoms. The summed E-state index contributed by atoms with van der Waals surface area (Å²) in [7, 11) is 0. The SMILES string of the molecule is Cc1ccc(NC(=O)NCCCCC(=O)O)c(C)n1. The number of urea groups is 1. The number of aliphatic carboxylic acids is 1. The Balaban J connectivity index is 2.29. The molecule has 0 unspecified atom stereocenters. The predicted octanol–water partition coefficient (Wildman–Crippen LogP) is 2.07. The minimum atomic E-state index is -0.814. The lowest BCUT2D eigenvalue weighted by molar-refractivity contribution is -0.137. The number of anilines is 1. The number of nitrogens with zero attached hydrogens (tertiary/aromatic N) is 1. The van der Waals surface area contributed by atoms with Gasteiger partial charge in [-0.3, -0.25) is 9.78 Å². The Kier molecular flexibility index (Phi) is 5.78. The number of amides is 2. The van der Waals surface area contributed by atoms with Crippen LogP contribution in [0, 0.1) is 13.8 Å². The number of carbonyl (C=O) groups is 2. The molecular weight excluding hydrogens is 246 g/mol. The quantitative estimate of drug-likeness (QED) is 0.687. The molecule has 0 saturated heterocycles. The van der Waals surface area contributed by atoms with Crippen LogP contribution >= 0.6 is 0 Å². The number of rotatable bonds is 6. The number of nitrogens with one attached hydrogen (secondary N) is 2. The molecule has 2 amide bonds. The molecule has 0 aliphatic carbocycles. The van der Waals surface area contributed by atoms with Crippen LogP contribution in [0.5, 0.6) is 0 Å². The maximum Gasteiger partial charge on any atom is 0.319 e. The third-order valence-corrected chi connectivity index (χ3v) is 2.58. The number of hydrogen-bond acceptors (Lipinski definition) is 3. The first-order valence-corrected chi connectivity index (χ1v) is 6.20. The fraction of sp³-hybridized carbons (Fsp3) is 0.462. The highest BCUT2D eigenvalue weighted by atomic mass is 16.4. The summed E-state index contributed by atoms with van der Waals surface area (Å²) >= 11 is 0. The number of aromatic nitrogens is 1. The Labute approximate surface area is 112 Å². The van der Waals surface area contributed by atoms with E-state index in [1.54, 1.807) is 0 Å². The van der Waals surface area contributed by atoms with Crippen molar-refractivity contribution in [2.75, 3.05) is 11.9 Å². The first kappa shape index (κ1) is 14.9. The molecule has 0 aliphatic rings. The van der Waals surface area contributed by atoms with Gasteiger partial charge in [-0.2, -0.15) is 0 Å². The lowest BCUT2D eigenvalue weighted by Gasteiger charge is -2.09. The van der Waals surface area contributed by atoms with Crippen LogP contribution in [0.3, 0.4) is 0 Å². The van der Waals surface area contributed by atoms with Crippen LogP contribution in [0.25, 0.3) is 0 Å². The fourth-order valence-electron chi connectivity index (χ4n) is 1.59. The Hall–Kier alpha value is -2.11. The molecule has 19 heavy (non-hydrogen) atoms. The van der Waals surface area contributed by atoms with Gasteiger partial charge in [0.15, 0.2) is 0 Å². The molecule has 0 spiro atoms. The molecule has 104 valence electrons. The minimum Gasteiger partial charge on any atom is -0.481 e.